The summed E-state index contributed by atoms with van der Waals surface area (Å²) in [7, 11) is 0. The number of hydrogen-bond acceptors (Lipinski definition) is 4. The first-order valence-electron chi connectivity index (χ1n) is 8.08. The summed E-state index contributed by atoms with van der Waals surface area (Å²) in [6, 6.07) is 8.00. The van der Waals surface area contributed by atoms with Gasteiger partial charge in [0, 0.05) is 31.8 Å². The summed E-state index contributed by atoms with van der Waals surface area (Å²) in [5, 5.41) is 0. The molecule has 0 amide bonds. The number of piperidine rings is 1. The lowest BCUT2D eigenvalue weighted by Crippen LogP contribution is -2.41. The maximum absolute atomic E-state index is 5.88. The summed E-state index contributed by atoms with van der Waals surface area (Å²) in [5.41, 5.74) is 6.79. The van der Waals surface area contributed by atoms with Crippen molar-refractivity contribution in [2.75, 3.05) is 32.8 Å². The molecule has 4 heteroatoms. The molecule has 1 unspecified atom stereocenters. The van der Waals surface area contributed by atoms with Gasteiger partial charge in [0.15, 0.2) is 0 Å². The van der Waals surface area contributed by atoms with Crippen molar-refractivity contribution in [3.8, 4) is 5.75 Å². The zero-order chi connectivity index (χ0) is 14.9. The highest BCUT2D eigenvalue weighted by Crippen LogP contribution is 2.17. The number of ether oxygens (including phenoxy) is 2. The van der Waals surface area contributed by atoms with E-state index in [0.717, 1.165) is 44.0 Å². The molecule has 1 aliphatic heterocycles. The highest BCUT2D eigenvalue weighted by Gasteiger charge is 2.19. The van der Waals surface area contributed by atoms with E-state index in [-0.39, 0.29) is 0 Å². The molecule has 1 aromatic carbocycles. The number of benzene rings is 1. The van der Waals surface area contributed by atoms with Crippen molar-refractivity contribution in [3.63, 3.8) is 0 Å². The van der Waals surface area contributed by atoms with Crippen LogP contribution in [0, 0.1) is 0 Å². The molecule has 1 heterocycles. The second kappa shape index (κ2) is 9.03. The van der Waals surface area contributed by atoms with Gasteiger partial charge in [-0.25, -0.2) is 0 Å². The van der Waals surface area contributed by atoms with Gasteiger partial charge in [-0.2, -0.15) is 0 Å². The van der Waals surface area contributed by atoms with E-state index < -0.39 is 0 Å². The fourth-order valence-corrected chi connectivity index (χ4v) is 2.73. The first kappa shape index (κ1) is 16.3. The third-order valence-corrected chi connectivity index (χ3v) is 3.88. The summed E-state index contributed by atoms with van der Waals surface area (Å²) >= 11 is 0. The van der Waals surface area contributed by atoms with Crippen LogP contribution in [0.3, 0.4) is 0 Å². The van der Waals surface area contributed by atoms with Crippen LogP contribution in [0.2, 0.25) is 0 Å². The first-order chi connectivity index (χ1) is 10.3. The van der Waals surface area contributed by atoms with E-state index >= 15 is 0 Å². The third kappa shape index (κ3) is 5.30. The predicted octanol–water partition coefficient (Wildman–Crippen LogP) is 2.42. The molecule has 0 radical (unpaired) electrons. The third-order valence-electron chi connectivity index (χ3n) is 3.88. The molecule has 2 rings (SSSR count). The summed E-state index contributed by atoms with van der Waals surface area (Å²) in [6.07, 6.45) is 3.89. The average Bonchev–Trinajstić information content (AvgIpc) is 2.54. The fraction of sp³-hybridized carbons (Fsp3) is 0.647. The predicted molar refractivity (Wildman–Crippen MR) is 85.5 cm³/mol. The SMILES string of the molecule is CCCOC1CCCN(CCOc2ccccc2CN)C1. The maximum atomic E-state index is 5.88. The Labute approximate surface area is 128 Å². The molecule has 1 saturated heterocycles. The average molecular weight is 292 g/mol. The summed E-state index contributed by atoms with van der Waals surface area (Å²) < 4.78 is 11.7. The van der Waals surface area contributed by atoms with Crippen molar-refractivity contribution < 1.29 is 9.47 Å². The molecule has 0 aliphatic carbocycles. The first-order valence-corrected chi connectivity index (χ1v) is 8.08. The van der Waals surface area contributed by atoms with Crippen molar-refractivity contribution in [1.82, 2.24) is 4.90 Å². The van der Waals surface area contributed by atoms with E-state index in [9.17, 15) is 0 Å². The number of rotatable bonds is 8. The highest BCUT2D eigenvalue weighted by molar-refractivity contribution is 5.32. The van der Waals surface area contributed by atoms with Crippen LogP contribution >= 0.6 is 0 Å². The standard InChI is InChI=1S/C17H28N2O2/c1-2-11-20-16-7-5-9-19(14-16)10-12-21-17-8-4-3-6-15(17)13-18/h3-4,6,8,16H,2,5,7,9-14,18H2,1H3. The molecule has 21 heavy (non-hydrogen) atoms. The van der Waals surface area contributed by atoms with Gasteiger partial charge >= 0.3 is 0 Å². The molecular weight excluding hydrogens is 264 g/mol. The van der Waals surface area contributed by atoms with Gasteiger partial charge in [-0.3, -0.25) is 4.90 Å². The van der Waals surface area contributed by atoms with E-state index in [4.69, 9.17) is 15.2 Å². The van der Waals surface area contributed by atoms with Gasteiger partial charge < -0.3 is 15.2 Å². The minimum atomic E-state index is 0.398. The Morgan fingerprint density at radius 2 is 2.14 bits per heavy atom. The molecule has 1 atom stereocenters. The Morgan fingerprint density at radius 1 is 1.29 bits per heavy atom. The lowest BCUT2D eigenvalue weighted by atomic mass is 10.1. The lowest BCUT2D eigenvalue weighted by Gasteiger charge is -2.32. The van der Waals surface area contributed by atoms with Crippen LogP contribution < -0.4 is 10.5 Å². The van der Waals surface area contributed by atoms with Crippen molar-refractivity contribution in [2.45, 2.75) is 38.8 Å². The smallest absolute Gasteiger partial charge is 0.123 e. The van der Waals surface area contributed by atoms with Gasteiger partial charge in [-0.05, 0) is 31.9 Å². The highest BCUT2D eigenvalue weighted by atomic mass is 16.5. The van der Waals surface area contributed by atoms with E-state index in [1.807, 2.05) is 24.3 Å². The Bertz CT molecular complexity index is 412. The largest absolute Gasteiger partial charge is 0.492 e. The van der Waals surface area contributed by atoms with E-state index in [1.54, 1.807) is 0 Å². The number of nitrogens with two attached hydrogens (primary N) is 1. The summed E-state index contributed by atoms with van der Waals surface area (Å²) in [4.78, 5) is 2.44. The van der Waals surface area contributed by atoms with Crippen molar-refractivity contribution >= 4 is 0 Å². The molecule has 0 aromatic heterocycles. The second-order valence-corrected chi connectivity index (χ2v) is 5.60. The van der Waals surface area contributed by atoms with Gasteiger partial charge in [0.2, 0.25) is 0 Å². The minimum absolute atomic E-state index is 0.398. The van der Waals surface area contributed by atoms with Crippen LogP contribution in [0.5, 0.6) is 5.75 Å². The quantitative estimate of drug-likeness (QED) is 0.799. The Kier molecular flexibility index (Phi) is 7.00. The van der Waals surface area contributed by atoms with Crippen LogP contribution in [0.4, 0.5) is 0 Å². The van der Waals surface area contributed by atoms with Gasteiger partial charge in [0.25, 0.3) is 0 Å². The van der Waals surface area contributed by atoms with Crippen LogP contribution in [0.15, 0.2) is 24.3 Å². The summed E-state index contributed by atoms with van der Waals surface area (Å²) in [6.45, 7) is 7.38. The maximum Gasteiger partial charge on any atom is 0.123 e. The van der Waals surface area contributed by atoms with Crippen molar-refractivity contribution in [1.29, 1.82) is 0 Å². The van der Waals surface area contributed by atoms with E-state index in [0.29, 0.717) is 19.3 Å². The molecular formula is C17H28N2O2. The van der Waals surface area contributed by atoms with Gasteiger partial charge in [0.1, 0.15) is 12.4 Å². The minimum Gasteiger partial charge on any atom is -0.492 e. The number of nitrogens with zero attached hydrogens (tertiary/aromatic N) is 1. The Morgan fingerprint density at radius 3 is 2.95 bits per heavy atom. The lowest BCUT2D eigenvalue weighted by molar-refractivity contribution is -0.00271. The van der Waals surface area contributed by atoms with Crippen LogP contribution in [-0.4, -0.2) is 43.9 Å². The molecule has 0 spiro atoms. The molecule has 4 nitrogen and oxygen atoms in total. The molecule has 2 N–H and O–H groups in total. The van der Waals surface area contributed by atoms with Gasteiger partial charge in [-0.15, -0.1) is 0 Å². The van der Waals surface area contributed by atoms with Crippen LogP contribution in [0.1, 0.15) is 31.7 Å². The zero-order valence-electron chi connectivity index (χ0n) is 13.1. The second-order valence-electron chi connectivity index (χ2n) is 5.60. The molecule has 0 bridgehead atoms. The van der Waals surface area contributed by atoms with Crippen molar-refractivity contribution in [3.05, 3.63) is 29.8 Å². The summed E-state index contributed by atoms with van der Waals surface area (Å²) in [5.74, 6) is 0.913. The van der Waals surface area contributed by atoms with E-state index in [2.05, 4.69) is 11.8 Å². The zero-order valence-corrected chi connectivity index (χ0v) is 13.1. The van der Waals surface area contributed by atoms with Crippen molar-refractivity contribution in [2.24, 2.45) is 5.73 Å². The topological polar surface area (TPSA) is 47.7 Å². The number of likely N-dealkylation sites (tertiary alicyclic amines) is 1. The normalized spacial score (nSPS) is 19.6. The van der Waals surface area contributed by atoms with Gasteiger partial charge in [-0.1, -0.05) is 25.1 Å². The molecule has 1 fully saturated rings. The van der Waals surface area contributed by atoms with E-state index in [1.165, 1.54) is 12.8 Å². The van der Waals surface area contributed by atoms with Crippen LogP contribution in [-0.2, 0) is 11.3 Å². The van der Waals surface area contributed by atoms with Gasteiger partial charge in [0.05, 0.1) is 6.10 Å². The Balaban J connectivity index is 1.72. The Hall–Kier alpha value is -1.10. The molecule has 1 aromatic rings. The monoisotopic (exact) mass is 292 g/mol. The number of hydrogen-bond donors (Lipinski definition) is 1. The number of para-hydroxylation sites is 1. The fourth-order valence-electron chi connectivity index (χ4n) is 2.73. The molecule has 1 aliphatic rings. The molecule has 118 valence electrons. The van der Waals surface area contributed by atoms with Crippen LogP contribution in [0.25, 0.3) is 0 Å². The molecule has 0 saturated carbocycles.